The quantitative estimate of drug-likeness (QED) is 0.0897. The molecule has 0 atom stereocenters. The third-order valence-electron chi connectivity index (χ3n) is 27.0. The normalized spacial score (nSPS) is 33.7. The van der Waals surface area contributed by atoms with E-state index < -0.39 is 0 Å². The van der Waals surface area contributed by atoms with Crippen molar-refractivity contribution in [2.45, 2.75) is 260 Å². The Kier molecular flexibility index (Phi) is 17.4. The summed E-state index contributed by atoms with van der Waals surface area (Å²) in [6.07, 6.45) is 43.3. The van der Waals surface area contributed by atoms with Gasteiger partial charge in [0.15, 0.2) is 23.3 Å². The van der Waals surface area contributed by atoms with Gasteiger partial charge in [-0.05, 0) is 315 Å². The number of nitrogens with zero attached hydrogens (tertiary/aromatic N) is 9. The third-order valence-corrected chi connectivity index (χ3v) is 27.0. The molecule has 5 heterocycles. The van der Waals surface area contributed by atoms with Gasteiger partial charge in [-0.2, -0.15) is 19.9 Å². The van der Waals surface area contributed by atoms with Gasteiger partial charge in [0.2, 0.25) is 23.6 Å². The number of hydrogen-bond acceptors (Lipinski definition) is 13. The Morgan fingerprint density at radius 2 is 0.633 bits per heavy atom. The van der Waals surface area contributed by atoms with Crippen molar-refractivity contribution in [1.29, 1.82) is 0 Å². The summed E-state index contributed by atoms with van der Waals surface area (Å²) in [6.45, 7) is 8.91. The maximum Gasteiger partial charge on any atom is 0.226 e. The minimum atomic E-state index is -0.188. The number of benzene rings is 3. The summed E-state index contributed by atoms with van der Waals surface area (Å²) < 4.78 is 35.8. The van der Waals surface area contributed by atoms with E-state index in [0.29, 0.717) is 12.3 Å². The van der Waals surface area contributed by atoms with E-state index in [1.54, 1.807) is 12.1 Å². The van der Waals surface area contributed by atoms with Crippen molar-refractivity contribution in [2.75, 3.05) is 0 Å². The fourth-order valence-corrected chi connectivity index (χ4v) is 24.1. The molecule has 0 radical (unpaired) electrons. The van der Waals surface area contributed by atoms with Crippen molar-refractivity contribution >= 4 is 0 Å². The first-order chi connectivity index (χ1) is 47.6. The molecule has 516 valence electrons. The van der Waals surface area contributed by atoms with Gasteiger partial charge in [-0.3, -0.25) is 4.98 Å². The van der Waals surface area contributed by atoms with Crippen molar-refractivity contribution in [2.24, 2.45) is 71.0 Å². The first-order valence-electron chi connectivity index (χ1n) is 38.7. The number of hydrogen-bond donors (Lipinski definition) is 0. The SMILES string of the molecule is CC(C)(C)c1ccc(CCc2nc(C34CC5CC(CC(C5)C3)C4)no2)cc1.Cc1cccc(CCc2nc(C34CC5CC(CC(C5)C3)C4)no2)c1.Fc1cccc(CCc2nc(C34CC5CC(CC(C5)C3)C4)no2)c1.c1cc(CCc2nc(C34CC5CC(CC(C5)C3)C4)no2)ccn1. The van der Waals surface area contributed by atoms with E-state index in [1.165, 1.54) is 188 Å². The van der Waals surface area contributed by atoms with Gasteiger partial charge in [0.1, 0.15) is 5.82 Å². The van der Waals surface area contributed by atoms with Gasteiger partial charge in [0.25, 0.3) is 0 Å². The molecule has 0 unspecified atom stereocenters. The molecule has 0 spiro atoms. The largest absolute Gasteiger partial charge is 0.339 e. The Balaban J connectivity index is 0.0000000984. The second-order valence-electron chi connectivity index (χ2n) is 35.8. The van der Waals surface area contributed by atoms with Gasteiger partial charge in [0.05, 0.1) is 0 Å². The molecule has 8 aromatic rings. The van der Waals surface area contributed by atoms with Crippen molar-refractivity contribution in [3.63, 3.8) is 0 Å². The standard InChI is InChI=1S/C24H32N2O.C21H26N2O.C20H23FN2O.C19H23N3O/c1-23(2,3)20-7-4-16(5-8-20)6-9-21-25-22(26-27-21)24-13-17-10-18(14-24)12-19(11-17)15-24;1-14-3-2-4-15(7-14)5-6-19-22-20(23-24-19)21-11-16-8-17(12-21)10-18(9-16)13-21;21-17-3-1-2-13(9-17)4-5-18-22-19(23-24-18)20-10-14-6-15(11-20)8-16(7-14)12-20;1(13-3-5-20-6-4-13)2-17-21-18(22-23-17)19-10-14-7-15(11-19)9-16(8-14)12-19/h4-5,7-8,17-19H,6,9-15H2,1-3H3;2-4,7,16-18H,5-6,8-13H2,1H3;1-3,9,14-16H,4-8,10-12H2;3-6,14-16H,1-2,7-12H2. The summed E-state index contributed by atoms with van der Waals surface area (Å²) in [4.78, 5) is 23.4. The molecule has 0 N–H and O–H groups in total. The Hall–Kier alpha value is -6.70. The van der Waals surface area contributed by atoms with Gasteiger partial charge in [0, 0.05) is 59.7 Å². The highest BCUT2D eigenvalue weighted by Gasteiger charge is 2.58. The van der Waals surface area contributed by atoms with Crippen LogP contribution in [0.1, 0.15) is 255 Å². The summed E-state index contributed by atoms with van der Waals surface area (Å²) in [5, 5.41) is 17.7. The fourth-order valence-electron chi connectivity index (χ4n) is 24.1. The molecule has 14 heteroatoms. The zero-order chi connectivity index (χ0) is 66.2. The van der Waals surface area contributed by atoms with Crippen LogP contribution in [0.15, 0.2) is 115 Å². The minimum absolute atomic E-state index is 0.188. The number of pyridine rings is 1. The maximum atomic E-state index is 13.3. The Bertz CT molecular complexity index is 3770. The summed E-state index contributed by atoms with van der Waals surface area (Å²) >= 11 is 0. The van der Waals surface area contributed by atoms with E-state index in [1.807, 2.05) is 18.5 Å². The van der Waals surface area contributed by atoms with Crippen LogP contribution in [0.4, 0.5) is 4.39 Å². The van der Waals surface area contributed by atoms with Crippen LogP contribution in [-0.4, -0.2) is 45.5 Å². The van der Waals surface area contributed by atoms with Gasteiger partial charge in [-0.25, -0.2) is 4.39 Å². The lowest BCUT2D eigenvalue weighted by atomic mass is 9.49. The van der Waals surface area contributed by atoms with Crippen LogP contribution < -0.4 is 0 Å². The van der Waals surface area contributed by atoms with Crippen molar-refractivity contribution < 1.29 is 22.5 Å². The van der Waals surface area contributed by atoms with Gasteiger partial charge in [-0.1, -0.05) is 108 Å². The molecule has 98 heavy (non-hydrogen) atoms. The topological polar surface area (TPSA) is 169 Å². The van der Waals surface area contributed by atoms with Crippen LogP contribution in [0.2, 0.25) is 0 Å². The van der Waals surface area contributed by atoms with Crippen LogP contribution >= 0.6 is 0 Å². The van der Waals surface area contributed by atoms with E-state index in [0.717, 1.165) is 162 Å². The molecule has 24 rings (SSSR count). The molecular formula is C84H104FN9O4. The van der Waals surface area contributed by atoms with Crippen LogP contribution in [-0.2, 0) is 78.4 Å². The van der Waals surface area contributed by atoms with Gasteiger partial charge < -0.3 is 18.1 Å². The van der Waals surface area contributed by atoms with E-state index in [9.17, 15) is 4.39 Å². The number of aryl methyl sites for hydroxylation is 9. The maximum absolute atomic E-state index is 13.3. The van der Waals surface area contributed by atoms with Crippen molar-refractivity contribution in [1.82, 2.24) is 45.5 Å². The molecule has 5 aromatic heterocycles. The van der Waals surface area contributed by atoms with Crippen LogP contribution in [0.5, 0.6) is 0 Å². The molecule has 16 aliphatic carbocycles. The lowest BCUT2D eigenvalue weighted by Gasteiger charge is -2.55. The van der Waals surface area contributed by atoms with Gasteiger partial charge >= 0.3 is 0 Å². The average Bonchev–Trinajstić information content (AvgIpc) is 1.49. The van der Waals surface area contributed by atoms with Gasteiger partial charge in [-0.15, -0.1) is 0 Å². The smallest absolute Gasteiger partial charge is 0.226 e. The lowest BCUT2D eigenvalue weighted by molar-refractivity contribution is -0.0104. The predicted molar refractivity (Wildman–Crippen MR) is 373 cm³/mol. The molecule has 13 nitrogen and oxygen atoms in total. The summed E-state index contributed by atoms with van der Waals surface area (Å²) in [5.41, 5.74) is 8.77. The van der Waals surface area contributed by atoms with E-state index >= 15 is 0 Å². The predicted octanol–water partition coefficient (Wildman–Crippen LogP) is 18.4. The Morgan fingerprint density at radius 3 is 0.929 bits per heavy atom. The first-order valence-corrected chi connectivity index (χ1v) is 38.7. The summed E-state index contributed by atoms with van der Waals surface area (Å²) in [7, 11) is 0. The average molecular weight is 1320 g/mol. The zero-order valence-corrected chi connectivity index (χ0v) is 58.8. The highest BCUT2D eigenvalue weighted by molar-refractivity contribution is 5.29. The molecule has 16 aliphatic rings. The molecule has 0 amide bonds. The Labute approximate surface area is 579 Å². The van der Waals surface area contributed by atoms with E-state index in [4.69, 9.17) is 38.0 Å². The van der Waals surface area contributed by atoms with Crippen LogP contribution in [0.25, 0.3) is 0 Å². The van der Waals surface area contributed by atoms with E-state index in [2.05, 4.69) is 114 Å². The second kappa shape index (κ2) is 26.4. The van der Waals surface area contributed by atoms with Crippen LogP contribution in [0.3, 0.4) is 0 Å². The summed E-state index contributed by atoms with van der Waals surface area (Å²) in [5.74, 6) is 17.9. The molecule has 16 fully saturated rings. The van der Waals surface area contributed by atoms with Crippen molar-refractivity contribution in [3.05, 3.63) is 183 Å². The molecule has 0 saturated heterocycles. The molecule has 16 bridgehead atoms. The molecular weight excluding hydrogens is 1220 g/mol. The lowest BCUT2D eigenvalue weighted by Crippen LogP contribution is -2.49. The summed E-state index contributed by atoms with van der Waals surface area (Å²) in [6, 6.07) is 28.5. The van der Waals surface area contributed by atoms with E-state index in [-0.39, 0.29) is 32.9 Å². The highest BCUT2D eigenvalue weighted by Crippen LogP contribution is 2.64. The molecule has 16 saturated carbocycles. The van der Waals surface area contributed by atoms with Crippen molar-refractivity contribution in [3.8, 4) is 0 Å². The molecule has 3 aromatic carbocycles. The second-order valence-corrected chi connectivity index (χ2v) is 35.8. The molecule has 0 aliphatic heterocycles. The highest BCUT2D eigenvalue weighted by atomic mass is 19.1. The zero-order valence-electron chi connectivity index (χ0n) is 58.8. The number of aromatic nitrogens is 9. The first kappa shape index (κ1) is 64.7. The minimum Gasteiger partial charge on any atom is -0.339 e. The third kappa shape index (κ3) is 13.7. The fraction of sp³-hybridized carbons (Fsp3) is 0.631. The van der Waals surface area contributed by atoms with Crippen LogP contribution in [0, 0.1) is 83.8 Å². The monoisotopic (exact) mass is 1320 g/mol. The number of halogens is 1. The Morgan fingerprint density at radius 1 is 0.347 bits per heavy atom. The number of rotatable bonds is 16.